The van der Waals surface area contributed by atoms with Crippen molar-refractivity contribution in [2.45, 2.75) is 28.4 Å². The molecule has 10 heteroatoms. The summed E-state index contributed by atoms with van der Waals surface area (Å²) in [5.41, 5.74) is 1.47. The maximum Gasteiger partial charge on any atom is 0.341 e. The number of sulfone groups is 1. The van der Waals surface area contributed by atoms with E-state index in [1.807, 2.05) is 0 Å². The normalized spacial score (nSPS) is 13.2. The van der Waals surface area contributed by atoms with E-state index in [9.17, 15) is 23.4 Å². The fraction of sp³-hybridized carbons (Fsp3) is 0.240. The van der Waals surface area contributed by atoms with Crippen molar-refractivity contribution in [2.75, 3.05) is 19.8 Å². The van der Waals surface area contributed by atoms with Gasteiger partial charge in [-0.3, -0.25) is 0 Å². The van der Waals surface area contributed by atoms with Crippen LogP contribution in [0.4, 0.5) is 0 Å². The molecule has 0 radical (unpaired) electrons. The predicted octanol–water partition coefficient (Wildman–Crippen LogP) is 2.86. The van der Waals surface area contributed by atoms with Crippen LogP contribution in [-0.2, 0) is 21.1 Å². The van der Waals surface area contributed by atoms with Gasteiger partial charge in [-0.1, -0.05) is 35.9 Å². The lowest BCUT2D eigenvalue weighted by atomic mass is 10.1. The van der Waals surface area contributed by atoms with E-state index >= 15 is 0 Å². The molecule has 0 aliphatic rings. The maximum absolute atomic E-state index is 12.9. The number of ether oxygens (including phenoxy) is 1. The topological polar surface area (TPSA) is 133 Å². The summed E-state index contributed by atoms with van der Waals surface area (Å²) in [6, 6.07) is 18.4. The number of aliphatic carboxylic acids is 1. The summed E-state index contributed by atoms with van der Waals surface area (Å²) in [6.45, 7) is -0.473. The summed E-state index contributed by atoms with van der Waals surface area (Å²) in [4.78, 5) is 10.7. The van der Waals surface area contributed by atoms with Gasteiger partial charge in [-0.05, 0) is 66.1 Å². The zero-order valence-electron chi connectivity index (χ0n) is 18.7. The van der Waals surface area contributed by atoms with Gasteiger partial charge in [-0.15, -0.1) is 0 Å². The number of nitrogens with one attached hydrogen (secondary N) is 1. The van der Waals surface area contributed by atoms with Crippen LogP contribution >= 0.6 is 11.6 Å². The third-order valence-electron chi connectivity index (χ3n) is 5.27. The Morgan fingerprint density at radius 1 is 1.00 bits per heavy atom. The Hall–Kier alpha value is -2.95. The second-order valence-corrected chi connectivity index (χ2v) is 10.2. The highest BCUT2D eigenvalue weighted by atomic mass is 35.5. The summed E-state index contributed by atoms with van der Waals surface area (Å²) in [5.74, 6) is -0.873. The second kappa shape index (κ2) is 12.1. The van der Waals surface area contributed by atoms with Crippen molar-refractivity contribution in [1.82, 2.24) is 5.32 Å². The van der Waals surface area contributed by atoms with Gasteiger partial charge < -0.3 is 25.4 Å². The molecule has 3 rings (SSSR count). The van der Waals surface area contributed by atoms with Crippen LogP contribution < -0.4 is 10.1 Å². The number of hydrogen-bond donors (Lipinski definition) is 4. The fourth-order valence-corrected chi connectivity index (χ4v) is 4.86. The molecule has 0 aromatic heterocycles. The van der Waals surface area contributed by atoms with Crippen molar-refractivity contribution in [2.24, 2.45) is 0 Å². The molecule has 0 spiro atoms. The molecule has 0 heterocycles. The van der Waals surface area contributed by atoms with Gasteiger partial charge >= 0.3 is 5.97 Å². The van der Waals surface area contributed by atoms with Crippen LogP contribution in [0, 0.1) is 0 Å². The monoisotopic (exact) mass is 519 g/mol. The molecule has 0 bridgehead atoms. The Bertz CT molecular complexity index is 1230. The number of rotatable bonds is 12. The highest BCUT2D eigenvalue weighted by Gasteiger charge is 2.19. The van der Waals surface area contributed by atoms with Crippen molar-refractivity contribution < 1.29 is 33.3 Å². The third-order valence-corrected chi connectivity index (χ3v) is 7.29. The van der Waals surface area contributed by atoms with Crippen molar-refractivity contribution in [3.05, 3.63) is 88.9 Å². The van der Waals surface area contributed by atoms with Crippen molar-refractivity contribution in [3.63, 3.8) is 0 Å². The van der Waals surface area contributed by atoms with E-state index in [1.54, 1.807) is 36.4 Å². The van der Waals surface area contributed by atoms with E-state index in [-0.39, 0.29) is 34.7 Å². The summed E-state index contributed by atoms with van der Waals surface area (Å²) in [5, 5.41) is 32.4. The highest BCUT2D eigenvalue weighted by molar-refractivity contribution is 7.91. The van der Waals surface area contributed by atoms with Gasteiger partial charge in [0.05, 0.1) is 22.5 Å². The Kier molecular flexibility index (Phi) is 9.25. The third kappa shape index (κ3) is 7.51. The van der Waals surface area contributed by atoms with Crippen molar-refractivity contribution in [1.29, 1.82) is 0 Å². The van der Waals surface area contributed by atoms with E-state index in [4.69, 9.17) is 21.4 Å². The number of halogens is 1. The van der Waals surface area contributed by atoms with Gasteiger partial charge in [0.25, 0.3) is 0 Å². The minimum Gasteiger partial charge on any atom is -0.482 e. The first-order valence-electron chi connectivity index (χ1n) is 10.8. The molecule has 3 aromatic rings. The number of carboxylic acid groups (broad SMARTS) is 1. The minimum absolute atomic E-state index is 0.0535. The smallest absolute Gasteiger partial charge is 0.341 e. The molecular weight excluding hydrogens is 494 g/mol. The van der Waals surface area contributed by atoms with E-state index in [1.165, 1.54) is 36.4 Å². The van der Waals surface area contributed by atoms with Crippen LogP contribution in [-0.4, -0.2) is 55.5 Å². The first-order chi connectivity index (χ1) is 16.7. The van der Waals surface area contributed by atoms with Crippen LogP contribution in [0.15, 0.2) is 82.6 Å². The van der Waals surface area contributed by atoms with Crippen LogP contribution in [0.2, 0.25) is 5.02 Å². The van der Waals surface area contributed by atoms with Crippen molar-refractivity contribution in [3.8, 4) is 5.75 Å². The standard InChI is InChI=1S/C25H26ClNO7S/c26-19-3-1-2-18(13-19)24(29)14-27-20(15-28)12-17-4-8-22(9-5-17)35(32,33)23-10-6-21(7-11-23)34-16-25(30)31/h1-11,13,20,24,27-29H,12,14-16H2,(H,30,31). The molecule has 35 heavy (non-hydrogen) atoms. The molecule has 0 aliphatic carbocycles. The molecule has 0 saturated carbocycles. The number of aliphatic hydroxyl groups excluding tert-OH is 2. The summed E-state index contributed by atoms with van der Waals surface area (Å²) < 4.78 is 30.9. The molecule has 4 N–H and O–H groups in total. The van der Waals surface area contributed by atoms with Crippen LogP contribution in [0.5, 0.6) is 5.75 Å². The van der Waals surface area contributed by atoms with E-state index in [0.717, 1.165) is 5.56 Å². The molecular formula is C25H26ClNO7S. The largest absolute Gasteiger partial charge is 0.482 e. The SMILES string of the molecule is O=C(O)COc1ccc(S(=O)(=O)c2ccc(CC(CO)NCC(O)c3cccc(Cl)c3)cc2)cc1. The molecule has 0 saturated heterocycles. The Labute approximate surface area is 208 Å². The molecule has 2 unspecified atom stereocenters. The highest BCUT2D eigenvalue weighted by Crippen LogP contribution is 2.24. The molecule has 3 aromatic carbocycles. The lowest BCUT2D eigenvalue weighted by molar-refractivity contribution is -0.139. The summed E-state index contributed by atoms with van der Waals surface area (Å²) in [7, 11) is -3.77. The molecule has 0 fully saturated rings. The number of carbonyl (C=O) groups is 1. The van der Waals surface area contributed by atoms with E-state index in [0.29, 0.717) is 17.0 Å². The van der Waals surface area contributed by atoms with Crippen LogP contribution in [0.3, 0.4) is 0 Å². The molecule has 186 valence electrons. The average Bonchev–Trinajstić information content (AvgIpc) is 2.85. The lowest BCUT2D eigenvalue weighted by Crippen LogP contribution is -2.37. The first kappa shape index (κ1) is 26.7. The van der Waals surface area contributed by atoms with Gasteiger partial charge in [-0.2, -0.15) is 0 Å². The van der Waals surface area contributed by atoms with Gasteiger partial charge in [0, 0.05) is 17.6 Å². The number of aliphatic hydroxyl groups is 2. The Balaban J connectivity index is 1.61. The second-order valence-electron chi connectivity index (χ2n) is 7.86. The van der Waals surface area contributed by atoms with Gasteiger partial charge in [0.1, 0.15) is 5.75 Å². The van der Waals surface area contributed by atoms with Gasteiger partial charge in [-0.25, -0.2) is 13.2 Å². The quantitative estimate of drug-likeness (QED) is 0.287. The fourth-order valence-electron chi connectivity index (χ4n) is 3.40. The van der Waals surface area contributed by atoms with Gasteiger partial charge in [0.2, 0.25) is 9.84 Å². The maximum atomic E-state index is 12.9. The van der Waals surface area contributed by atoms with Crippen LogP contribution in [0.1, 0.15) is 17.2 Å². The zero-order valence-corrected chi connectivity index (χ0v) is 20.2. The van der Waals surface area contributed by atoms with Crippen molar-refractivity contribution >= 4 is 27.4 Å². The average molecular weight is 520 g/mol. The summed E-state index contributed by atoms with van der Waals surface area (Å²) in [6.07, 6.45) is -0.370. The minimum atomic E-state index is -3.77. The lowest BCUT2D eigenvalue weighted by Gasteiger charge is -2.19. The summed E-state index contributed by atoms with van der Waals surface area (Å²) >= 11 is 5.96. The molecule has 2 atom stereocenters. The van der Waals surface area contributed by atoms with E-state index < -0.39 is 28.5 Å². The molecule has 8 nitrogen and oxygen atoms in total. The predicted molar refractivity (Wildman–Crippen MR) is 130 cm³/mol. The molecule has 0 aliphatic heterocycles. The van der Waals surface area contributed by atoms with Gasteiger partial charge in [0.15, 0.2) is 6.61 Å². The number of benzene rings is 3. The number of hydrogen-bond acceptors (Lipinski definition) is 7. The van der Waals surface area contributed by atoms with Crippen LogP contribution in [0.25, 0.3) is 0 Å². The zero-order chi connectivity index (χ0) is 25.4. The Morgan fingerprint density at radius 2 is 1.63 bits per heavy atom. The van der Waals surface area contributed by atoms with E-state index in [2.05, 4.69) is 5.32 Å². The number of carboxylic acids is 1. The first-order valence-corrected chi connectivity index (χ1v) is 12.6. The Morgan fingerprint density at radius 3 is 2.20 bits per heavy atom. The molecule has 0 amide bonds.